The van der Waals surface area contributed by atoms with E-state index >= 15 is 0 Å². The molecule has 2 aromatic heterocycles. The number of carbonyl (C=O) groups is 1. The number of pyridine rings is 1. The van der Waals surface area contributed by atoms with Crippen molar-refractivity contribution in [3.63, 3.8) is 0 Å². The third-order valence-electron chi connectivity index (χ3n) is 7.39. The zero-order valence-corrected chi connectivity index (χ0v) is 22.1. The topological polar surface area (TPSA) is 98.5 Å². The standard InChI is InChI=1S/C32H30N4O4/c1-21-29(18-36-20-34-27-6-2-3-7-28(27)36)39-32(40-30(21)23-10-8-22(19-37)9-11-23)24-12-14-26(15-13-24)35-31(38)25-5-4-16-33-17-25/h2-17,20-21,29-30,32,37H,18-19H2,1H3,(H,35,38)/t21-,29+,30+,32+/m1/s1. The molecule has 1 fully saturated rings. The van der Waals surface area contributed by atoms with Gasteiger partial charge in [0.1, 0.15) is 0 Å². The van der Waals surface area contributed by atoms with E-state index in [1.165, 1.54) is 6.20 Å². The first-order valence-corrected chi connectivity index (χ1v) is 13.3. The van der Waals surface area contributed by atoms with Crippen LogP contribution in [0.1, 0.15) is 46.4 Å². The van der Waals surface area contributed by atoms with Gasteiger partial charge < -0.3 is 24.5 Å². The van der Waals surface area contributed by atoms with Gasteiger partial charge in [0.15, 0.2) is 6.29 Å². The Hall–Kier alpha value is -4.37. The summed E-state index contributed by atoms with van der Waals surface area (Å²) in [5.74, 6) is -0.186. The highest BCUT2D eigenvalue weighted by Crippen LogP contribution is 2.42. The van der Waals surface area contributed by atoms with Crippen LogP contribution >= 0.6 is 0 Å². The highest BCUT2D eigenvalue weighted by atomic mass is 16.7. The van der Waals surface area contributed by atoms with Crippen molar-refractivity contribution in [1.82, 2.24) is 14.5 Å². The number of imidazole rings is 1. The Bertz CT molecular complexity index is 1590. The van der Waals surface area contributed by atoms with E-state index in [0.717, 1.165) is 27.7 Å². The second-order valence-electron chi connectivity index (χ2n) is 10.0. The first-order valence-electron chi connectivity index (χ1n) is 13.3. The normalized spacial score (nSPS) is 20.9. The van der Waals surface area contributed by atoms with Crippen molar-refractivity contribution in [3.8, 4) is 0 Å². The third-order valence-corrected chi connectivity index (χ3v) is 7.39. The van der Waals surface area contributed by atoms with Gasteiger partial charge in [-0.05, 0) is 47.5 Å². The Labute approximate surface area is 232 Å². The molecule has 4 atom stereocenters. The molecule has 6 rings (SSSR count). The SMILES string of the molecule is C[C@@H]1[C@H](Cn2cnc3ccccc32)O[C@H](c2ccc(NC(=O)c3cccnc3)cc2)O[C@@H]1c1ccc(CO)cc1. The van der Waals surface area contributed by atoms with Crippen LogP contribution in [-0.2, 0) is 22.6 Å². The number of benzene rings is 3. The molecule has 8 nitrogen and oxygen atoms in total. The van der Waals surface area contributed by atoms with E-state index in [4.69, 9.17) is 9.47 Å². The van der Waals surface area contributed by atoms with E-state index in [-0.39, 0.29) is 30.6 Å². The van der Waals surface area contributed by atoms with Crippen LogP contribution in [0.15, 0.2) is 104 Å². The lowest BCUT2D eigenvalue weighted by atomic mass is 9.90. The number of fused-ring (bicyclic) bond motifs is 1. The van der Waals surface area contributed by atoms with E-state index in [1.807, 2.05) is 73.1 Å². The van der Waals surface area contributed by atoms with Crippen molar-refractivity contribution < 1.29 is 19.4 Å². The van der Waals surface area contributed by atoms with Crippen molar-refractivity contribution in [2.75, 3.05) is 5.32 Å². The van der Waals surface area contributed by atoms with E-state index in [0.29, 0.717) is 17.8 Å². The van der Waals surface area contributed by atoms with E-state index in [1.54, 1.807) is 18.3 Å². The van der Waals surface area contributed by atoms with Crippen molar-refractivity contribution in [2.45, 2.75) is 38.6 Å². The molecule has 0 spiro atoms. The summed E-state index contributed by atoms with van der Waals surface area (Å²) >= 11 is 0. The summed E-state index contributed by atoms with van der Waals surface area (Å²) in [6, 6.07) is 26.9. The zero-order chi connectivity index (χ0) is 27.5. The number of aliphatic hydroxyl groups excluding tert-OH is 1. The van der Waals surface area contributed by atoms with Gasteiger partial charge in [0.2, 0.25) is 0 Å². The molecule has 1 aliphatic heterocycles. The Morgan fingerprint density at radius 3 is 2.48 bits per heavy atom. The molecule has 3 heterocycles. The van der Waals surface area contributed by atoms with Crippen molar-refractivity contribution >= 4 is 22.6 Å². The second kappa shape index (κ2) is 11.4. The minimum absolute atomic E-state index is 0.00685. The maximum absolute atomic E-state index is 12.5. The summed E-state index contributed by atoms with van der Waals surface area (Å²) in [7, 11) is 0. The molecule has 0 radical (unpaired) electrons. The van der Waals surface area contributed by atoms with Crippen LogP contribution in [0.25, 0.3) is 11.0 Å². The maximum Gasteiger partial charge on any atom is 0.257 e. The smallest absolute Gasteiger partial charge is 0.257 e. The fourth-order valence-corrected chi connectivity index (χ4v) is 5.10. The van der Waals surface area contributed by atoms with Crippen LogP contribution in [-0.4, -0.2) is 31.7 Å². The van der Waals surface area contributed by atoms with Gasteiger partial charge in [-0.3, -0.25) is 9.78 Å². The third kappa shape index (κ3) is 5.37. The number of para-hydroxylation sites is 2. The largest absolute Gasteiger partial charge is 0.392 e. The van der Waals surface area contributed by atoms with Crippen LogP contribution in [0.2, 0.25) is 0 Å². The Kier molecular flexibility index (Phi) is 7.37. The average molecular weight is 535 g/mol. The minimum atomic E-state index is -0.610. The molecule has 40 heavy (non-hydrogen) atoms. The van der Waals surface area contributed by atoms with Gasteiger partial charge in [-0.25, -0.2) is 4.98 Å². The number of nitrogens with zero attached hydrogens (tertiary/aromatic N) is 3. The number of aromatic nitrogens is 3. The predicted molar refractivity (Wildman–Crippen MR) is 151 cm³/mol. The molecule has 3 aromatic carbocycles. The van der Waals surface area contributed by atoms with Gasteiger partial charge in [0.25, 0.3) is 5.91 Å². The summed E-state index contributed by atoms with van der Waals surface area (Å²) in [6.07, 6.45) is 4.02. The quantitative estimate of drug-likeness (QED) is 0.279. The summed E-state index contributed by atoms with van der Waals surface area (Å²) in [5, 5.41) is 12.4. The van der Waals surface area contributed by atoms with Crippen molar-refractivity contribution in [2.24, 2.45) is 5.92 Å². The van der Waals surface area contributed by atoms with Crippen LogP contribution in [0.4, 0.5) is 5.69 Å². The number of aliphatic hydroxyl groups is 1. The molecule has 1 saturated heterocycles. The number of rotatable bonds is 7. The average Bonchev–Trinajstić information content (AvgIpc) is 3.42. The van der Waals surface area contributed by atoms with E-state index in [2.05, 4.69) is 32.8 Å². The molecule has 2 N–H and O–H groups in total. The van der Waals surface area contributed by atoms with Gasteiger partial charge in [-0.1, -0.05) is 55.5 Å². The van der Waals surface area contributed by atoms with Gasteiger partial charge in [-0.15, -0.1) is 0 Å². The predicted octanol–water partition coefficient (Wildman–Crippen LogP) is 5.67. The molecule has 0 aliphatic carbocycles. The lowest BCUT2D eigenvalue weighted by molar-refractivity contribution is -0.276. The lowest BCUT2D eigenvalue weighted by Gasteiger charge is -2.41. The van der Waals surface area contributed by atoms with E-state index in [9.17, 15) is 9.90 Å². The first-order chi connectivity index (χ1) is 19.6. The van der Waals surface area contributed by atoms with Gasteiger partial charge >= 0.3 is 0 Å². The summed E-state index contributed by atoms with van der Waals surface area (Å²) in [4.78, 5) is 21.1. The number of hydrogen-bond donors (Lipinski definition) is 2. The molecule has 0 saturated carbocycles. The molecule has 1 aliphatic rings. The maximum atomic E-state index is 12.5. The van der Waals surface area contributed by atoms with Crippen molar-refractivity contribution in [1.29, 1.82) is 0 Å². The highest BCUT2D eigenvalue weighted by Gasteiger charge is 2.38. The summed E-state index contributed by atoms with van der Waals surface area (Å²) < 4.78 is 15.3. The number of hydrogen-bond acceptors (Lipinski definition) is 6. The summed E-state index contributed by atoms with van der Waals surface area (Å²) in [6.45, 7) is 2.75. The molecule has 8 heteroatoms. The molecule has 5 aromatic rings. The van der Waals surface area contributed by atoms with E-state index < -0.39 is 6.29 Å². The fraction of sp³-hybridized carbons (Fsp3) is 0.219. The Morgan fingerprint density at radius 2 is 1.73 bits per heavy atom. The first kappa shape index (κ1) is 25.9. The van der Waals surface area contributed by atoms with Crippen molar-refractivity contribution in [3.05, 3.63) is 126 Å². The fourth-order valence-electron chi connectivity index (χ4n) is 5.10. The monoisotopic (exact) mass is 534 g/mol. The number of carbonyl (C=O) groups excluding carboxylic acids is 1. The zero-order valence-electron chi connectivity index (χ0n) is 22.1. The Morgan fingerprint density at radius 1 is 0.950 bits per heavy atom. The number of amides is 1. The minimum Gasteiger partial charge on any atom is -0.392 e. The molecule has 202 valence electrons. The van der Waals surface area contributed by atoms with Crippen LogP contribution < -0.4 is 5.32 Å². The van der Waals surface area contributed by atoms with Crippen LogP contribution in [0, 0.1) is 5.92 Å². The van der Waals surface area contributed by atoms with Gasteiger partial charge in [0.05, 0.1) is 48.3 Å². The van der Waals surface area contributed by atoms with Gasteiger partial charge in [-0.2, -0.15) is 0 Å². The summed E-state index contributed by atoms with van der Waals surface area (Å²) in [5.41, 5.74) is 5.88. The Balaban J connectivity index is 1.26. The van der Waals surface area contributed by atoms with Crippen LogP contribution in [0.3, 0.4) is 0 Å². The second-order valence-corrected chi connectivity index (χ2v) is 10.0. The molecule has 1 amide bonds. The molecule has 0 unspecified atom stereocenters. The highest BCUT2D eigenvalue weighted by molar-refractivity contribution is 6.04. The number of nitrogens with one attached hydrogen (secondary N) is 1. The molecular weight excluding hydrogens is 504 g/mol. The van der Waals surface area contributed by atoms with Crippen LogP contribution in [0.5, 0.6) is 0 Å². The lowest BCUT2D eigenvalue weighted by Crippen LogP contribution is -2.39. The number of ether oxygens (including phenoxy) is 2. The molecular formula is C32H30N4O4. The number of anilines is 1. The molecule has 0 bridgehead atoms. The van der Waals surface area contributed by atoms with Gasteiger partial charge in [0, 0.05) is 29.6 Å².